The molecule has 27 heavy (non-hydrogen) atoms. The molecule has 1 aromatic heterocycles. The number of nitro groups is 1. The number of amides is 1. The molecular formula is C21H21N3O3. The predicted molar refractivity (Wildman–Crippen MR) is 104 cm³/mol. The Morgan fingerprint density at radius 2 is 1.89 bits per heavy atom. The van der Waals surface area contributed by atoms with Crippen molar-refractivity contribution < 1.29 is 9.72 Å². The number of para-hydroxylation sites is 1. The number of hydrogen-bond acceptors (Lipinski definition) is 3. The van der Waals surface area contributed by atoms with Crippen LogP contribution >= 0.6 is 0 Å². The first kappa shape index (κ1) is 17.3. The number of carbonyl (C=O) groups excluding carboxylic acids is 1. The maximum absolute atomic E-state index is 12.3. The average molecular weight is 363 g/mol. The van der Waals surface area contributed by atoms with Crippen LogP contribution in [-0.4, -0.2) is 21.9 Å². The van der Waals surface area contributed by atoms with Gasteiger partial charge in [-0.2, -0.15) is 0 Å². The summed E-state index contributed by atoms with van der Waals surface area (Å²) in [5.41, 5.74) is 4.42. The first-order chi connectivity index (χ1) is 13.1. The van der Waals surface area contributed by atoms with E-state index in [1.807, 2.05) is 0 Å². The van der Waals surface area contributed by atoms with Crippen molar-refractivity contribution in [2.45, 2.75) is 32.2 Å². The van der Waals surface area contributed by atoms with Gasteiger partial charge in [0.05, 0.1) is 4.92 Å². The number of aromatic nitrogens is 1. The van der Waals surface area contributed by atoms with Gasteiger partial charge in [-0.05, 0) is 49.4 Å². The largest absolute Gasteiger partial charge is 0.352 e. The molecule has 2 heterocycles. The van der Waals surface area contributed by atoms with Crippen LogP contribution in [0.3, 0.4) is 0 Å². The molecule has 0 spiro atoms. The molecule has 6 heteroatoms. The van der Waals surface area contributed by atoms with Crippen LogP contribution in [0, 0.1) is 10.1 Å². The van der Waals surface area contributed by atoms with E-state index in [0.29, 0.717) is 12.1 Å². The van der Waals surface area contributed by atoms with Crippen molar-refractivity contribution in [1.29, 1.82) is 0 Å². The Balaban J connectivity index is 1.48. The molecule has 0 fully saturated rings. The Bertz CT molecular complexity index is 1010. The Morgan fingerprint density at radius 3 is 2.67 bits per heavy atom. The second kappa shape index (κ2) is 7.23. The lowest BCUT2D eigenvalue weighted by Crippen LogP contribution is -2.26. The highest BCUT2D eigenvalue weighted by molar-refractivity contribution is 5.94. The zero-order chi connectivity index (χ0) is 18.8. The second-order valence-corrected chi connectivity index (χ2v) is 6.86. The molecule has 0 bridgehead atoms. The van der Waals surface area contributed by atoms with Gasteiger partial charge in [0.1, 0.15) is 0 Å². The zero-order valence-electron chi connectivity index (χ0n) is 15.0. The van der Waals surface area contributed by atoms with E-state index in [2.05, 4.69) is 34.1 Å². The van der Waals surface area contributed by atoms with E-state index < -0.39 is 4.92 Å². The number of nitrogens with zero attached hydrogens (tertiary/aromatic N) is 2. The molecule has 3 aromatic rings. The van der Waals surface area contributed by atoms with Crippen LogP contribution in [0.25, 0.3) is 10.9 Å². The summed E-state index contributed by atoms with van der Waals surface area (Å²) in [6.45, 7) is 1.60. The van der Waals surface area contributed by atoms with E-state index in [4.69, 9.17) is 0 Å². The Hall–Kier alpha value is -3.15. The molecule has 1 N–H and O–H groups in total. The summed E-state index contributed by atoms with van der Waals surface area (Å²) in [5.74, 6) is -0.206. The van der Waals surface area contributed by atoms with Crippen LogP contribution in [0.4, 0.5) is 5.69 Å². The van der Waals surface area contributed by atoms with Crippen LogP contribution in [0.15, 0.2) is 48.5 Å². The SMILES string of the molecule is O=C(NCCc1c2n(c3ccccc13)CCCC2)c1ccc([N+](=O)[O-])cc1. The van der Waals surface area contributed by atoms with Gasteiger partial charge in [-0.15, -0.1) is 0 Å². The highest BCUT2D eigenvalue weighted by Crippen LogP contribution is 2.30. The van der Waals surface area contributed by atoms with Gasteiger partial charge in [-0.25, -0.2) is 0 Å². The van der Waals surface area contributed by atoms with Gasteiger partial charge in [0.25, 0.3) is 11.6 Å². The number of hydrogen-bond donors (Lipinski definition) is 1. The van der Waals surface area contributed by atoms with E-state index in [0.717, 1.165) is 19.4 Å². The fraction of sp³-hybridized carbons (Fsp3) is 0.286. The third kappa shape index (κ3) is 3.30. The molecule has 0 unspecified atom stereocenters. The topological polar surface area (TPSA) is 77.2 Å². The minimum atomic E-state index is -0.469. The molecule has 1 amide bonds. The number of aryl methyl sites for hydroxylation is 1. The molecule has 2 aromatic carbocycles. The summed E-state index contributed by atoms with van der Waals surface area (Å²) < 4.78 is 2.42. The summed E-state index contributed by atoms with van der Waals surface area (Å²) in [6, 6.07) is 14.2. The van der Waals surface area contributed by atoms with Gasteiger partial charge in [-0.1, -0.05) is 18.2 Å². The van der Waals surface area contributed by atoms with Crippen molar-refractivity contribution in [1.82, 2.24) is 9.88 Å². The molecule has 1 aliphatic heterocycles. The van der Waals surface area contributed by atoms with Gasteiger partial charge in [0.2, 0.25) is 0 Å². The minimum absolute atomic E-state index is 0.0153. The number of benzene rings is 2. The first-order valence-electron chi connectivity index (χ1n) is 9.27. The second-order valence-electron chi connectivity index (χ2n) is 6.86. The first-order valence-corrected chi connectivity index (χ1v) is 9.27. The number of carbonyl (C=O) groups is 1. The van der Waals surface area contributed by atoms with Crippen LogP contribution in [0.2, 0.25) is 0 Å². The molecule has 0 atom stereocenters. The van der Waals surface area contributed by atoms with Crippen molar-refractivity contribution in [3.63, 3.8) is 0 Å². The normalized spacial score (nSPS) is 13.3. The molecule has 0 aliphatic carbocycles. The number of fused-ring (bicyclic) bond motifs is 3. The van der Waals surface area contributed by atoms with E-state index >= 15 is 0 Å². The van der Waals surface area contributed by atoms with Gasteiger partial charge < -0.3 is 9.88 Å². The minimum Gasteiger partial charge on any atom is -0.352 e. The molecule has 0 saturated heterocycles. The molecule has 4 rings (SSSR count). The number of non-ortho nitro benzene ring substituents is 1. The van der Waals surface area contributed by atoms with Gasteiger partial charge in [-0.3, -0.25) is 14.9 Å². The summed E-state index contributed by atoms with van der Waals surface area (Å²) in [5, 5.41) is 14.9. The molecule has 1 aliphatic rings. The fourth-order valence-corrected chi connectivity index (χ4v) is 3.95. The summed E-state index contributed by atoms with van der Waals surface area (Å²) in [7, 11) is 0. The molecule has 6 nitrogen and oxygen atoms in total. The summed E-state index contributed by atoms with van der Waals surface area (Å²) in [4.78, 5) is 22.6. The molecule has 138 valence electrons. The van der Waals surface area contributed by atoms with Crippen molar-refractivity contribution in [3.8, 4) is 0 Å². The van der Waals surface area contributed by atoms with E-state index in [9.17, 15) is 14.9 Å². The predicted octanol–water partition coefficient (Wildman–Crippen LogP) is 3.86. The standard InChI is InChI=1S/C21H21N3O3/c25-21(15-8-10-16(11-9-15)24(26)27)22-13-12-18-17-5-1-2-6-19(17)23-14-4-3-7-20(18)23/h1-2,5-6,8-11H,3-4,7,12-14H2,(H,22,25). The molecular weight excluding hydrogens is 342 g/mol. The molecule has 0 saturated carbocycles. The lowest BCUT2D eigenvalue weighted by molar-refractivity contribution is -0.384. The third-order valence-corrected chi connectivity index (χ3v) is 5.24. The van der Waals surface area contributed by atoms with Crippen LogP contribution < -0.4 is 5.32 Å². The van der Waals surface area contributed by atoms with Gasteiger partial charge in [0.15, 0.2) is 0 Å². The van der Waals surface area contributed by atoms with Crippen molar-refractivity contribution in [3.05, 3.63) is 75.5 Å². The maximum atomic E-state index is 12.3. The summed E-state index contributed by atoms with van der Waals surface area (Å²) in [6.07, 6.45) is 4.28. The van der Waals surface area contributed by atoms with Crippen molar-refractivity contribution in [2.24, 2.45) is 0 Å². The van der Waals surface area contributed by atoms with Crippen LogP contribution in [-0.2, 0) is 19.4 Å². The zero-order valence-corrected chi connectivity index (χ0v) is 15.0. The average Bonchev–Trinajstić information content (AvgIpc) is 3.02. The van der Waals surface area contributed by atoms with E-state index in [-0.39, 0.29) is 11.6 Å². The maximum Gasteiger partial charge on any atom is 0.269 e. The Morgan fingerprint density at radius 1 is 1.11 bits per heavy atom. The fourth-order valence-electron chi connectivity index (χ4n) is 3.95. The van der Waals surface area contributed by atoms with E-state index in [1.165, 1.54) is 59.3 Å². The number of nitrogens with one attached hydrogen (secondary N) is 1. The van der Waals surface area contributed by atoms with Gasteiger partial charge >= 0.3 is 0 Å². The van der Waals surface area contributed by atoms with Crippen LogP contribution in [0.1, 0.15) is 34.5 Å². The van der Waals surface area contributed by atoms with Crippen LogP contribution in [0.5, 0.6) is 0 Å². The highest BCUT2D eigenvalue weighted by Gasteiger charge is 2.19. The lowest BCUT2D eigenvalue weighted by Gasteiger charge is -2.17. The molecule has 0 radical (unpaired) electrons. The van der Waals surface area contributed by atoms with Crippen molar-refractivity contribution in [2.75, 3.05) is 6.54 Å². The third-order valence-electron chi connectivity index (χ3n) is 5.24. The highest BCUT2D eigenvalue weighted by atomic mass is 16.6. The lowest BCUT2D eigenvalue weighted by atomic mass is 10.0. The summed E-state index contributed by atoms with van der Waals surface area (Å²) >= 11 is 0. The van der Waals surface area contributed by atoms with E-state index in [1.54, 1.807) is 0 Å². The number of rotatable bonds is 5. The smallest absolute Gasteiger partial charge is 0.269 e. The Kier molecular flexibility index (Phi) is 4.62. The quantitative estimate of drug-likeness (QED) is 0.552. The monoisotopic (exact) mass is 363 g/mol. The Labute approximate surface area is 157 Å². The van der Waals surface area contributed by atoms with Gasteiger partial charge in [0, 0.05) is 47.4 Å². The number of nitro benzene ring substituents is 1. The van der Waals surface area contributed by atoms with Crippen molar-refractivity contribution >= 4 is 22.5 Å².